The fraction of sp³-hybridized carbons (Fsp3) is 0.267. The molecule has 2 aromatic rings. The number of hydrogen-bond donors (Lipinski definition) is 2. The summed E-state index contributed by atoms with van der Waals surface area (Å²) in [6.45, 7) is 2.09. The molecule has 0 aliphatic heterocycles. The van der Waals surface area contributed by atoms with Crippen molar-refractivity contribution in [1.29, 1.82) is 5.26 Å². The van der Waals surface area contributed by atoms with Crippen LogP contribution in [0.4, 0.5) is 17.3 Å². The van der Waals surface area contributed by atoms with Gasteiger partial charge in [0.2, 0.25) is 0 Å². The maximum Gasteiger partial charge on any atom is 0.136 e. The molecule has 0 fully saturated rings. The number of halogens is 1. The molecule has 0 aliphatic rings. The van der Waals surface area contributed by atoms with Crippen LogP contribution in [0.2, 0.25) is 0 Å². The molecule has 0 spiro atoms. The Labute approximate surface area is 132 Å². The first-order valence-corrected chi connectivity index (χ1v) is 7.48. The van der Waals surface area contributed by atoms with Gasteiger partial charge in [-0.1, -0.05) is 22.9 Å². The topological polar surface area (TPSA) is 73.6 Å². The van der Waals surface area contributed by atoms with Crippen molar-refractivity contribution >= 4 is 33.3 Å². The number of nitrogens with one attached hydrogen (secondary N) is 2. The Balaban J connectivity index is 2.35. The lowest BCUT2D eigenvalue weighted by Crippen LogP contribution is -2.04. The maximum atomic E-state index is 9.20. The zero-order valence-corrected chi connectivity index (χ0v) is 13.5. The Morgan fingerprint density at radius 2 is 2.00 bits per heavy atom. The SMILES string of the molecule is CCCc1nc(NC)cc(Nc2ccc(Br)cc2C#N)n1. The number of rotatable bonds is 5. The first-order valence-electron chi connectivity index (χ1n) is 6.68. The molecule has 1 aromatic carbocycles. The second-order valence-corrected chi connectivity index (χ2v) is 5.40. The normalized spacial score (nSPS) is 10.0. The first-order chi connectivity index (χ1) is 10.2. The summed E-state index contributed by atoms with van der Waals surface area (Å²) in [6.07, 6.45) is 1.80. The number of anilines is 3. The highest BCUT2D eigenvalue weighted by molar-refractivity contribution is 9.10. The summed E-state index contributed by atoms with van der Waals surface area (Å²) in [5, 5.41) is 15.4. The molecule has 0 amide bonds. The van der Waals surface area contributed by atoms with Crippen molar-refractivity contribution in [3.63, 3.8) is 0 Å². The van der Waals surface area contributed by atoms with E-state index in [1.807, 2.05) is 25.2 Å². The van der Waals surface area contributed by atoms with Crippen LogP contribution in [0.3, 0.4) is 0 Å². The Bertz CT molecular complexity index is 678. The van der Waals surface area contributed by atoms with Crippen LogP contribution in [0.5, 0.6) is 0 Å². The fourth-order valence-electron chi connectivity index (χ4n) is 1.88. The maximum absolute atomic E-state index is 9.20. The van der Waals surface area contributed by atoms with Gasteiger partial charge in [0, 0.05) is 24.0 Å². The minimum atomic E-state index is 0.561. The van der Waals surface area contributed by atoms with Crippen molar-refractivity contribution in [1.82, 2.24) is 9.97 Å². The summed E-state index contributed by atoms with van der Waals surface area (Å²) in [7, 11) is 1.82. The molecule has 0 unspecified atom stereocenters. The molecule has 1 aromatic heterocycles. The summed E-state index contributed by atoms with van der Waals surface area (Å²) in [4.78, 5) is 8.89. The predicted octanol–water partition coefficient (Wildman–Crippen LogP) is 3.85. The number of hydrogen-bond acceptors (Lipinski definition) is 5. The average Bonchev–Trinajstić information content (AvgIpc) is 2.49. The molecule has 0 saturated carbocycles. The van der Waals surface area contributed by atoms with Crippen LogP contribution in [0, 0.1) is 11.3 Å². The van der Waals surface area contributed by atoms with Crippen LogP contribution < -0.4 is 10.6 Å². The van der Waals surface area contributed by atoms with E-state index >= 15 is 0 Å². The number of aryl methyl sites for hydroxylation is 1. The summed E-state index contributed by atoms with van der Waals surface area (Å²) in [6, 6.07) is 9.50. The van der Waals surface area contributed by atoms with E-state index in [1.165, 1.54) is 0 Å². The standard InChI is InChI=1S/C15H16BrN5/c1-3-4-13-20-14(18-2)8-15(21-13)19-12-6-5-11(16)7-10(12)9-17/h5-8H,3-4H2,1-2H3,(H2,18,19,20,21). The van der Waals surface area contributed by atoms with Gasteiger partial charge in [-0.25, -0.2) is 9.97 Å². The van der Waals surface area contributed by atoms with Gasteiger partial charge in [0.1, 0.15) is 23.5 Å². The van der Waals surface area contributed by atoms with E-state index < -0.39 is 0 Å². The lowest BCUT2D eigenvalue weighted by molar-refractivity contribution is 0.838. The molecular formula is C15H16BrN5. The molecule has 0 bridgehead atoms. The van der Waals surface area contributed by atoms with E-state index in [0.29, 0.717) is 11.4 Å². The number of nitriles is 1. The van der Waals surface area contributed by atoms with Gasteiger partial charge in [-0.15, -0.1) is 0 Å². The van der Waals surface area contributed by atoms with Crippen LogP contribution in [0.1, 0.15) is 24.7 Å². The first kappa shape index (κ1) is 15.3. The number of aromatic nitrogens is 2. The van der Waals surface area contributed by atoms with Crippen LogP contribution in [0.15, 0.2) is 28.7 Å². The Hall–Kier alpha value is -2.13. The van der Waals surface area contributed by atoms with Crippen molar-refractivity contribution in [2.24, 2.45) is 0 Å². The van der Waals surface area contributed by atoms with Crippen LogP contribution in [-0.2, 0) is 6.42 Å². The predicted molar refractivity (Wildman–Crippen MR) is 87.7 cm³/mol. The van der Waals surface area contributed by atoms with Gasteiger partial charge in [-0.2, -0.15) is 5.26 Å². The lowest BCUT2D eigenvalue weighted by atomic mass is 10.2. The van der Waals surface area contributed by atoms with Crippen LogP contribution in [0.25, 0.3) is 0 Å². The van der Waals surface area contributed by atoms with Crippen LogP contribution in [-0.4, -0.2) is 17.0 Å². The zero-order chi connectivity index (χ0) is 15.2. The summed E-state index contributed by atoms with van der Waals surface area (Å²) >= 11 is 3.36. The van der Waals surface area contributed by atoms with Gasteiger partial charge in [0.15, 0.2) is 0 Å². The summed E-state index contributed by atoms with van der Waals surface area (Å²) in [5.74, 6) is 2.21. The largest absolute Gasteiger partial charge is 0.373 e. The molecule has 108 valence electrons. The molecule has 5 nitrogen and oxygen atoms in total. The average molecular weight is 346 g/mol. The van der Waals surface area contributed by atoms with Crippen molar-refractivity contribution in [2.75, 3.05) is 17.7 Å². The molecule has 0 radical (unpaired) electrons. The molecule has 2 rings (SSSR count). The van der Waals surface area contributed by atoms with E-state index in [0.717, 1.165) is 34.6 Å². The number of nitrogens with zero attached hydrogens (tertiary/aromatic N) is 3. The van der Waals surface area contributed by atoms with E-state index in [2.05, 4.69) is 49.5 Å². The molecule has 0 atom stereocenters. The summed E-state index contributed by atoms with van der Waals surface area (Å²) in [5.41, 5.74) is 1.29. The van der Waals surface area contributed by atoms with Crippen molar-refractivity contribution in [3.05, 3.63) is 40.1 Å². The molecule has 6 heteroatoms. The zero-order valence-electron chi connectivity index (χ0n) is 11.9. The van der Waals surface area contributed by atoms with Crippen molar-refractivity contribution < 1.29 is 0 Å². The van der Waals surface area contributed by atoms with Gasteiger partial charge in [-0.3, -0.25) is 0 Å². The van der Waals surface area contributed by atoms with E-state index in [-0.39, 0.29) is 0 Å². The van der Waals surface area contributed by atoms with Gasteiger partial charge < -0.3 is 10.6 Å². The second-order valence-electron chi connectivity index (χ2n) is 4.48. The third-order valence-electron chi connectivity index (χ3n) is 2.87. The third-order valence-corrected chi connectivity index (χ3v) is 3.36. The molecular weight excluding hydrogens is 330 g/mol. The van der Waals surface area contributed by atoms with Gasteiger partial charge in [-0.05, 0) is 24.6 Å². The van der Waals surface area contributed by atoms with Crippen molar-refractivity contribution in [2.45, 2.75) is 19.8 Å². The van der Waals surface area contributed by atoms with E-state index in [1.54, 1.807) is 6.07 Å². The smallest absolute Gasteiger partial charge is 0.136 e. The lowest BCUT2D eigenvalue weighted by Gasteiger charge is -2.11. The summed E-state index contributed by atoms with van der Waals surface area (Å²) < 4.78 is 0.870. The highest BCUT2D eigenvalue weighted by Gasteiger charge is 2.07. The molecule has 1 heterocycles. The quantitative estimate of drug-likeness (QED) is 0.860. The molecule has 2 N–H and O–H groups in total. The minimum Gasteiger partial charge on any atom is -0.373 e. The highest BCUT2D eigenvalue weighted by atomic mass is 79.9. The molecule has 21 heavy (non-hydrogen) atoms. The van der Waals surface area contributed by atoms with Gasteiger partial charge in [0.25, 0.3) is 0 Å². The van der Waals surface area contributed by atoms with Gasteiger partial charge in [0.05, 0.1) is 11.3 Å². The second kappa shape index (κ2) is 7.04. The minimum absolute atomic E-state index is 0.561. The van der Waals surface area contributed by atoms with Crippen molar-refractivity contribution in [3.8, 4) is 6.07 Å². The number of benzene rings is 1. The molecule has 0 saturated heterocycles. The van der Waals surface area contributed by atoms with E-state index in [4.69, 9.17) is 0 Å². The molecule has 0 aliphatic carbocycles. The van der Waals surface area contributed by atoms with E-state index in [9.17, 15) is 5.26 Å². The Morgan fingerprint density at radius 3 is 2.67 bits per heavy atom. The highest BCUT2D eigenvalue weighted by Crippen LogP contribution is 2.24. The monoisotopic (exact) mass is 345 g/mol. The van der Waals surface area contributed by atoms with Crippen LogP contribution >= 0.6 is 15.9 Å². The fourth-order valence-corrected chi connectivity index (χ4v) is 2.24. The third kappa shape index (κ3) is 3.92. The van der Waals surface area contributed by atoms with Gasteiger partial charge >= 0.3 is 0 Å². The Morgan fingerprint density at radius 1 is 1.24 bits per heavy atom. The Kier molecular flexibility index (Phi) is 5.12.